The number of hydrogen-bond acceptors (Lipinski definition) is 3. The number of phenolic OH excluding ortho intramolecular Hbond substituents is 1. The molecule has 0 unspecified atom stereocenters. The van der Waals surface area contributed by atoms with Gasteiger partial charge < -0.3 is 16.2 Å². The van der Waals surface area contributed by atoms with Crippen LogP contribution in [0.1, 0.15) is 15.9 Å². The smallest absolute Gasteiger partial charge is 0.416 e. The Kier molecular flexibility index (Phi) is 4.19. The van der Waals surface area contributed by atoms with Crippen molar-refractivity contribution in [3.63, 3.8) is 0 Å². The molecule has 0 aliphatic carbocycles. The second-order valence-corrected chi connectivity index (χ2v) is 5.55. The van der Waals surface area contributed by atoms with E-state index < -0.39 is 34.9 Å². The van der Waals surface area contributed by atoms with Crippen molar-refractivity contribution in [3.05, 3.63) is 65.5 Å². The standard InChI is InChI=1S/C18H12F4N2O2/c19-13-6-5-10(18(20,21)22)8-14(13)24-17(26)12-7-9-3-1-2-4-11(9)15(23)16(12)25/h1-8,25H,23H2,(H,24,26). The van der Waals surface area contributed by atoms with E-state index in [9.17, 15) is 27.5 Å². The molecule has 4 nitrogen and oxygen atoms in total. The Labute approximate surface area is 144 Å². The van der Waals surface area contributed by atoms with Gasteiger partial charge in [-0.3, -0.25) is 4.79 Å². The highest BCUT2D eigenvalue weighted by atomic mass is 19.4. The predicted octanol–water partition coefficient (Wildman–Crippen LogP) is 4.54. The van der Waals surface area contributed by atoms with Crippen LogP contribution in [0.4, 0.5) is 28.9 Å². The average Bonchev–Trinajstić information content (AvgIpc) is 2.59. The van der Waals surface area contributed by atoms with Gasteiger partial charge in [0.25, 0.3) is 5.91 Å². The average molecular weight is 364 g/mol. The summed E-state index contributed by atoms with van der Waals surface area (Å²) in [6.07, 6.45) is -4.69. The van der Waals surface area contributed by atoms with Crippen molar-refractivity contribution in [2.45, 2.75) is 6.18 Å². The fraction of sp³-hybridized carbons (Fsp3) is 0.0556. The minimum Gasteiger partial charge on any atom is -0.505 e. The number of halogens is 4. The van der Waals surface area contributed by atoms with Gasteiger partial charge in [-0.1, -0.05) is 24.3 Å². The zero-order valence-electron chi connectivity index (χ0n) is 13.1. The summed E-state index contributed by atoms with van der Waals surface area (Å²) in [7, 11) is 0. The number of rotatable bonds is 2. The quantitative estimate of drug-likeness (QED) is 0.355. The minimum absolute atomic E-state index is 0.0576. The van der Waals surface area contributed by atoms with Gasteiger partial charge in [0.1, 0.15) is 5.82 Å². The number of hydrogen-bond donors (Lipinski definition) is 3. The van der Waals surface area contributed by atoms with E-state index in [1.807, 2.05) is 5.32 Å². The Morgan fingerprint density at radius 3 is 2.46 bits per heavy atom. The van der Waals surface area contributed by atoms with Gasteiger partial charge in [-0.05, 0) is 29.7 Å². The molecule has 0 aliphatic rings. The highest BCUT2D eigenvalue weighted by Gasteiger charge is 2.31. The van der Waals surface area contributed by atoms with Crippen molar-refractivity contribution in [2.24, 2.45) is 0 Å². The first-order valence-corrected chi connectivity index (χ1v) is 7.37. The van der Waals surface area contributed by atoms with E-state index in [0.717, 1.165) is 0 Å². The van der Waals surface area contributed by atoms with E-state index in [1.54, 1.807) is 24.3 Å². The summed E-state index contributed by atoms with van der Waals surface area (Å²) in [4.78, 5) is 12.4. The number of carbonyl (C=O) groups is 1. The predicted molar refractivity (Wildman–Crippen MR) is 89.4 cm³/mol. The highest BCUT2D eigenvalue weighted by molar-refractivity contribution is 6.11. The largest absolute Gasteiger partial charge is 0.505 e. The molecule has 0 heterocycles. The number of carbonyl (C=O) groups excluding carboxylic acids is 1. The van der Waals surface area contributed by atoms with Crippen LogP contribution in [0.3, 0.4) is 0 Å². The van der Waals surface area contributed by atoms with Crippen LogP contribution in [0.2, 0.25) is 0 Å². The summed E-state index contributed by atoms with van der Waals surface area (Å²) in [5, 5.41) is 13.2. The lowest BCUT2D eigenvalue weighted by Gasteiger charge is -2.13. The number of anilines is 2. The van der Waals surface area contributed by atoms with Gasteiger partial charge in [-0.2, -0.15) is 13.2 Å². The van der Waals surface area contributed by atoms with Crippen molar-refractivity contribution < 1.29 is 27.5 Å². The lowest BCUT2D eigenvalue weighted by molar-refractivity contribution is -0.137. The van der Waals surface area contributed by atoms with Gasteiger partial charge in [0.15, 0.2) is 5.75 Å². The molecule has 3 rings (SSSR count). The molecular formula is C18H12F4N2O2. The Hall–Kier alpha value is -3.29. The number of alkyl halides is 3. The number of amides is 1. The number of fused-ring (bicyclic) bond motifs is 1. The lowest BCUT2D eigenvalue weighted by Crippen LogP contribution is -2.15. The maximum absolute atomic E-state index is 13.8. The number of nitrogens with two attached hydrogens (primary N) is 1. The van der Waals surface area contributed by atoms with Gasteiger partial charge in [0.05, 0.1) is 22.5 Å². The molecule has 0 saturated heterocycles. The molecule has 0 spiro atoms. The van der Waals surface area contributed by atoms with Crippen LogP contribution in [0.15, 0.2) is 48.5 Å². The van der Waals surface area contributed by atoms with E-state index in [2.05, 4.69) is 0 Å². The van der Waals surface area contributed by atoms with Crippen LogP contribution in [-0.4, -0.2) is 11.0 Å². The van der Waals surface area contributed by atoms with Crippen LogP contribution >= 0.6 is 0 Å². The first-order valence-electron chi connectivity index (χ1n) is 7.37. The summed E-state index contributed by atoms with van der Waals surface area (Å²) in [5.74, 6) is -2.56. The summed E-state index contributed by atoms with van der Waals surface area (Å²) >= 11 is 0. The summed E-state index contributed by atoms with van der Waals surface area (Å²) in [6, 6.07) is 9.63. The van der Waals surface area contributed by atoms with Crippen LogP contribution in [-0.2, 0) is 6.18 Å². The fourth-order valence-electron chi connectivity index (χ4n) is 2.52. The maximum Gasteiger partial charge on any atom is 0.416 e. The maximum atomic E-state index is 13.8. The Morgan fingerprint density at radius 1 is 1.08 bits per heavy atom. The molecule has 4 N–H and O–H groups in total. The second kappa shape index (κ2) is 6.21. The van der Waals surface area contributed by atoms with E-state index in [0.29, 0.717) is 29.0 Å². The molecule has 0 fully saturated rings. The lowest BCUT2D eigenvalue weighted by atomic mass is 10.0. The molecule has 3 aromatic carbocycles. The van der Waals surface area contributed by atoms with Crippen LogP contribution in [0.5, 0.6) is 5.75 Å². The SMILES string of the molecule is Nc1c(O)c(C(=O)Nc2cc(C(F)(F)F)ccc2F)cc2ccccc12. The Morgan fingerprint density at radius 2 is 1.77 bits per heavy atom. The number of nitrogens with one attached hydrogen (secondary N) is 1. The molecular weight excluding hydrogens is 352 g/mol. The van der Waals surface area contributed by atoms with Crippen molar-refractivity contribution in [1.29, 1.82) is 0 Å². The Balaban J connectivity index is 2.01. The zero-order chi connectivity index (χ0) is 19.1. The van der Waals surface area contributed by atoms with E-state index >= 15 is 0 Å². The number of benzene rings is 3. The van der Waals surface area contributed by atoms with E-state index in [-0.39, 0.29) is 11.3 Å². The molecule has 3 aromatic rings. The first-order chi connectivity index (χ1) is 12.2. The molecule has 1 amide bonds. The molecule has 0 atom stereocenters. The molecule has 0 aliphatic heterocycles. The third-order valence-corrected chi connectivity index (χ3v) is 3.85. The van der Waals surface area contributed by atoms with Crippen LogP contribution in [0, 0.1) is 5.82 Å². The van der Waals surface area contributed by atoms with Gasteiger partial charge in [0, 0.05) is 5.39 Å². The van der Waals surface area contributed by atoms with E-state index in [4.69, 9.17) is 5.73 Å². The second-order valence-electron chi connectivity index (χ2n) is 5.55. The minimum atomic E-state index is -4.69. The number of aromatic hydroxyl groups is 1. The number of nitrogen functional groups attached to an aromatic ring is 1. The fourth-order valence-corrected chi connectivity index (χ4v) is 2.52. The van der Waals surface area contributed by atoms with Crippen molar-refractivity contribution in [1.82, 2.24) is 0 Å². The summed E-state index contributed by atoms with van der Waals surface area (Å²) in [5.41, 5.74) is 3.70. The molecule has 26 heavy (non-hydrogen) atoms. The molecule has 8 heteroatoms. The monoisotopic (exact) mass is 364 g/mol. The molecule has 0 radical (unpaired) electrons. The van der Waals surface area contributed by atoms with Crippen molar-refractivity contribution in [3.8, 4) is 5.75 Å². The van der Waals surface area contributed by atoms with E-state index in [1.165, 1.54) is 6.07 Å². The summed E-state index contributed by atoms with van der Waals surface area (Å²) in [6.45, 7) is 0. The molecule has 0 aromatic heterocycles. The van der Waals surface area contributed by atoms with Gasteiger partial charge in [-0.25, -0.2) is 4.39 Å². The normalized spacial score (nSPS) is 11.5. The van der Waals surface area contributed by atoms with Crippen molar-refractivity contribution >= 4 is 28.1 Å². The Bertz CT molecular complexity index is 1020. The topological polar surface area (TPSA) is 75.3 Å². The van der Waals surface area contributed by atoms with Gasteiger partial charge in [0.2, 0.25) is 0 Å². The van der Waals surface area contributed by atoms with Crippen molar-refractivity contribution in [2.75, 3.05) is 11.1 Å². The van der Waals surface area contributed by atoms with Crippen LogP contribution < -0.4 is 11.1 Å². The molecule has 0 bridgehead atoms. The van der Waals surface area contributed by atoms with Crippen LogP contribution in [0.25, 0.3) is 10.8 Å². The van der Waals surface area contributed by atoms with Gasteiger partial charge in [-0.15, -0.1) is 0 Å². The van der Waals surface area contributed by atoms with Gasteiger partial charge >= 0.3 is 6.18 Å². The number of phenols is 1. The summed E-state index contributed by atoms with van der Waals surface area (Å²) < 4.78 is 52.1. The molecule has 0 saturated carbocycles. The third kappa shape index (κ3) is 3.13. The zero-order valence-corrected chi connectivity index (χ0v) is 13.1. The highest BCUT2D eigenvalue weighted by Crippen LogP contribution is 2.35. The first kappa shape index (κ1) is 17.5. The molecule has 134 valence electrons. The third-order valence-electron chi connectivity index (χ3n) is 3.85.